The summed E-state index contributed by atoms with van der Waals surface area (Å²) in [4.78, 5) is 10.9. The molecule has 11 heteroatoms. The van der Waals surface area contributed by atoms with Gasteiger partial charge in [0.05, 0.1) is 43.8 Å². The lowest BCUT2D eigenvalue weighted by Crippen LogP contribution is -2.55. The number of hydrogen-bond acceptors (Lipinski definition) is 8. The molecule has 2 fully saturated rings. The molecule has 0 saturated carbocycles. The van der Waals surface area contributed by atoms with E-state index in [0.29, 0.717) is 73.7 Å². The maximum atomic E-state index is 15.2. The fourth-order valence-corrected chi connectivity index (χ4v) is 4.29. The zero-order valence-electron chi connectivity index (χ0n) is 16.8. The summed E-state index contributed by atoms with van der Waals surface area (Å²) in [6.07, 6.45) is 1.97. The van der Waals surface area contributed by atoms with Gasteiger partial charge < -0.3 is 20.1 Å². The highest BCUT2D eigenvalue weighted by atomic mass is 35.5. The topological polar surface area (TPSA) is 89.4 Å². The largest absolute Gasteiger partial charge is 0.475 e. The van der Waals surface area contributed by atoms with Crippen LogP contribution in [0.5, 0.6) is 5.88 Å². The molecule has 0 spiro atoms. The molecule has 0 unspecified atom stereocenters. The Kier molecular flexibility index (Phi) is 5.38. The van der Waals surface area contributed by atoms with Crippen molar-refractivity contribution in [3.8, 4) is 5.88 Å². The molecule has 5 rings (SSSR count). The average molecular weight is 438 g/mol. The van der Waals surface area contributed by atoms with E-state index in [1.54, 1.807) is 10.9 Å². The first-order valence-electron chi connectivity index (χ1n) is 10.3. The number of nitrogens with zero attached hydrogens (tertiary/aromatic N) is 5. The fraction of sp³-hybridized carbons (Fsp3) is 0.632. The average Bonchev–Trinajstić information content (AvgIpc) is 2.96. The third-order valence-electron chi connectivity index (χ3n) is 5.94. The van der Waals surface area contributed by atoms with Crippen LogP contribution in [-0.2, 0) is 4.74 Å². The molecule has 5 heterocycles. The summed E-state index contributed by atoms with van der Waals surface area (Å²) in [6.45, 7) is 5.65. The molecule has 9 nitrogen and oxygen atoms in total. The lowest BCUT2D eigenvalue weighted by atomic mass is 10.0. The van der Waals surface area contributed by atoms with Crippen molar-refractivity contribution in [3.63, 3.8) is 0 Å². The molecule has 0 aliphatic carbocycles. The lowest BCUT2D eigenvalue weighted by Gasteiger charge is -2.42. The van der Waals surface area contributed by atoms with Gasteiger partial charge in [-0.3, -0.25) is 9.58 Å². The molecule has 2 N–H and O–H groups in total. The minimum atomic E-state index is -1.01. The van der Waals surface area contributed by atoms with Crippen LogP contribution in [0, 0.1) is 6.92 Å². The van der Waals surface area contributed by atoms with Crippen molar-refractivity contribution in [3.05, 3.63) is 16.9 Å². The van der Waals surface area contributed by atoms with E-state index < -0.39 is 6.17 Å². The van der Waals surface area contributed by atoms with Crippen LogP contribution in [0.3, 0.4) is 0 Å². The summed E-state index contributed by atoms with van der Waals surface area (Å²) >= 11 is 6.18. The molecule has 3 aliphatic heterocycles. The first-order chi connectivity index (χ1) is 14.6. The Labute approximate surface area is 178 Å². The van der Waals surface area contributed by atoms with Crippen molar-refractivity contribution in [1.82, 2.24) is 24.6 Å². The van der Waals surface area contributed by atoms with Crippen molar-refractivity contribution >= 4 is 29.1 Å². The lowest BCUT2D eigenvalue weighted by molar-refractivity contribution is -0.0848. The monoisotopic (exact) mass is 437 g/mol. The molecule has 2 aromatic rings. The van der Waals surface area contributed by atoms with Gasteiger partial charge in [0.2, 0.25) is 5.95 Å². The number of ether oxygens (including phenoxy) is 2. The third kappa shape index (κ3) is 3.67. The van der Waals surface area contributed by atoms with Gasteiger partial charge >= 0.3 is 0 Å². The van der Waals surface area contributed by atoms with E-state index in [-0.39, 0.29) is 6.04 Å². The van der Waals surface area contributed by atoms with Crippen LogP contribution in [-0.4, -0.2) is 76.3 Å². The second-order valence-electron chi connectivity index (χ2n) is 7.91. The number of rotatable bonds is 2. The zero-order chi connectivity index (χ0) is 20.7. The van der Waals surface area contributed by atoms with Crippen molar-refractivity contribution in [1.29, 1.82) is 0 Å². The molecule has 0 amide bonds. The predicted octanol–water partition coefficient (Wildman–Crippen LogP) is 2.56. The summed E-state index contributed by atoms with van der Waals surface area (Å²) in [7, 11) is 0. The number of fused-ring (bicyclic) bond motifs is 3. The molecule has 0 radical (unpaired) electrons. The summed E-state index contributed by atoms with van der Waals surface area (Å²) < 4.78 is 28.1. The van der Waals surface area contributed by atoms with Crippen LogP contribution in [0.25, 0.3) is 0 Å². The van der Waals surface area contributed by atoms with E-state index in [1.807, 2.05) is 6.92 Å². The van der Waals surface area contributed by atoms with Crippen molar-refractivity contribution in [2.45, 2.75) is 38.0 Å². The molecule has 162 valence electrons. The van der Waals surface area contributed by atoms with Crippen LogP contribution in [0.15, 0.2) is 6.20 Å². The van der Waals surface area contributed by atoms with E-state index in [2.05, 4.69) is 30.6 Å². The van der Waals surface area contributed by atoms with Gasteiger partial charge in [-0.15, -0.1) is 5.10 Å². The number of alkyl halides is 1. The number of likely N-dealkylation sites (tertiary alicyclic amines) is 1. The predicted molar refractivity (Wildman–Crippen MR) is 111 cm³/mol. The molecule has 2 bridgehead atoms. The van der Waals surface area contributed by atoms with Gasteiger partial charge in [-0.2, -0.15) is 4.98 Å². The maximum absolute atomic E-state index is 15.2. The van der Waals surface area contributed by atoms with E-state index in [0.717, 1.165) is 18.7 Å². The highest BCUT2D eigenvalue weighted by Crippen LogP contribution is 2.36. The van der Waals surface area contributed by atoms with E-state index in [9.17, 15) is 0 Å². The van der Waals surface area contributed by atoms with E-state index in [1.165, 1.54) is 0 Å². The highest BCUT2D eigenvalue weighted by Gasteiger charge is 2.37. The number of piperidine rings is 1. The van der Waals surface area contributed by atoms with Crippen LogP contribution in [0.4, 0.5) is 21.8 Å². The number of halogens is 2. The van der Waals surface area contributed by atoms with Crippen LogP contribution < -0.4 is 15.4 Å². The van der Waals surface area contributed by atoms with Gasteiger partial charge in [-0.1, -0.05) is 11.6 Å². The summed E-state index contributed by atoms with van der Waals surface area (Å²) in [5, 5.41) is 11.5. The second kappa shape index (κ2) is 8.16. The first kappa shape index (κ1) is 19.8. The van der Waals surface area contributed by atoms with E-state index in [4.69, 9.17) is 21.1 Å². The van der Waals surface area contributed by atoms with Gasteiger partial charge in [0, 0.05) is 19.6 Å². The SMILES string of the molecule is Cc1c2c(nn1[C@@H]1CCN(C3COC3)C[C@H]1F)OCCCNc1nc(ncc1Cl)N2. The Morgan fingerprint density at radius 3 is 2.97 bits per heavy atom. The normalized spacial score (nSPS) is 25.2. The number of nitrogens with one attached hydrogen (secondary N) is 2. The molecule has 30 heavy (non-hydrogen) atoms. The van der Waals surface area contributed by atoms with E-state index >= 15 is 4.39 Å². The molecule has 3 aliphatic rings. The van der Waals surface area contributed by atoms with Crippen molar-refractivity contribution in [2.75, 3.05) is 50.1 Å². The van der Waals surface area contributed by atoms with Gasteiger partial charge in [0.1, 0.15) is 16.9 Å². The molecular formula is C19H25ClFN7O2. The number of aromatic nitrogens is 4. The highest BCUT2D eigenvalue weighted by molar-refractivity contribution is 6.32. The Balaban J connectivity index is 1.42. The Bertz CT molecular complexity index is 923. The minimum absolute atomic E-state index is 0.337. The Morgan fingerprint density at radius 1 is 1.33 bits per heavy atom. The Morgan fingerprint density at radius 2 is 2.20 bits per heavy atom. The molecule has 2 aromatic heterocycles. The summed E-state index contributed by atoms with van der Waals surface area (Å²) in [5.41, 5.74) is 1.46. The number of hydrogen-bond donors (Lipinski definition) is 2. The maximum Gasteiger partial charge on any atom is 0.257 e. The van der Waals surface area contributed by atoms with Crippen LogP contribution in [0.1, 0.15) is 24.6 Å². The molecule has 0 aromatic carbocycles. The smallest absolute Gasteiger partial charge is 0.257 e. The standard InChI is InChI=1S/C19H25ClFN7O2/c1-11-16-18(30-6-2-4-22-17-13(20)7-23-19(24-16)25-17)26-28(11)15-3-5-27(8-14(15)21)12-9-29-10-12/h7,12,14-15H,2-6,8-10H2,1H3,(H2,22,23,24,25)/t14-,15-/m1/s1. The fourth-order valence-electron chi connectivity index (χ4n) is 4.13. The van der Waals surface area contributed by atoms with Gasteiger partial charge in [-0.25, -0.2) is 9.37 Å². The number of anilines is 3. The van der Waals surface area contributed by atoms with Crippen molar-refractivity contribution in [2.24, 2.45) is 0 Å². The van der Waals surface area contributed by atoms with Crippen LogP contribution in [0.2, 0.25) is 5.02 Å². The van der Waals surface area contributed by atoms with Gasteiger partial charge in [0.25, 0.3) is 5.88 Å². The summed E-state index contributed by atoms with van der Waals surface area (Å²) in [6, 6.07) is 0.00542. The van der Waals surface area contributed by atoms with Crippen molar-refractivity contribution < 1.29 is 13.9 Å². The molecular weight excluding hydrogens is 413 g/mol. The second-order valence-corrected chi connectivity index (χ2v) is 8.32. The van der Waals surface area contributed by atoms with Gasteiger partial charge in [-0.05, 0) is 19.8 Å². The summed E-state index contributed by atoms with van der Waals surface area (Å²) in [5.74, 6) is 1.39. The first-order valence-corrected chi connectivity index (χ1v) is 10.7. The molecule has 2 saturated heterocycles. The molecule has 2 atom stereocenters. The zero-order valence-corrected chi connectivity index (χ0v) is 17.5. The van der Waals surface area contributed by atoms with Crippen LogP contribution >= 0.6 is 11.6 Å². The minimum Gasteiger partial charge on any atom is -0.475 e. The Hall–Kier alpha value is -2.17. The third-order valence-corrected chi connectivity index (χ3v) is 6.22. The quantitative estimate of drug-likeness (QED) is 0.741. The van der Waals surface area contributed by atoms with Gasteiger partial charge in [0.15, 0.2) is 5.82 Å².